The van der Waals surface area contributed by atoms with Crippen molar-refractivity contribution in [1.29, 1.82) is 0 Å². The minimum atomic E-state index is -3.11. The van der Waals surface area contributed by atoms with Crippen LogP contribution in [0.5, 0.6) is 0 Å². The van der Waals surface area contributed by atoms with E-state index in [2.05, 4.69) is 10.3 Å². The van der Waals surface area contributed by atoms with Crippen LogP contribution < -0.4 is 10.9 Å². The zero-order valence-electron chi connectivity index (χ0n) is 15.7. The molecule has 0 bridgehead atoms. The van der Waals surface area contributed by atoms with Crippen LogP contribution in [0.2, 0.25) is 0 Å². The summed E-state index contributed by atoms with van der Waals surface area (Å²) >= 11 is 0.995. The molecule has 0 spiro atoms. The van der Waals surface area contributed by atoms with Gasteiger partial charge in [0.05, 0.1) is 33.8 Å². The molecule has 1 N–H and O–H groups in total. The number of rotatable bonds is 5. The molecule has 30 heavy (non-hydrogen) atoms. The van der Waals surface area contributed by atoms with Crippen LogP contribution in [0.1, 0.15) is 6.42 Å². The normalized spacial score (nSPS) is 17.8. The van der Waals surface area contributed by atoms with E-state index in [1.165, 1.54) is 18.2 Å². The Kier molecular flexibility index (Phi) is 5.61. The van der Waals surface area contributed by atoms with Crippen LogP contribution in [0.3, 0.4) is 0 Å². The molecule has 1 amide bonds. The first-order valence-corrected chi connectivity index (χ1v) is 12.0. The maximum absolute atomic E-state index is 14.4. The van der Waals surface area contributed by atoms with Gasteiger partial charge < -0.3 is 5.32 Å². The van der Waals surface area contributed by atoms with Crippen molar-refractivity contribution in [2.75, 3.05) is 17.3 Å². The van der Waals surface area contributed by atoms with Gasteiger partial charge in [0.2, 0.25) is 5.91 Å². The topological polar surface area (TPSA) is 98.1 Å². The Bertz CT molecular complexity index is 1290. The zero-order valence-corrected chi connectivity index (χ0v) is 17.4. The number of thioether (sulfide) groups is 1. The maximum atomic E-state index is 14.4. The molecule has 4 rings (SSSR count). The molecule has 7 nitrogen and oxygen atoms in total. The lowest BCUT2D eigenvalue weighted by Gasteiger charge is -2.14. The molecule has 3 aromatic rings. The number of nitrogens with zero attached hydrogens (tertiary/aromatic N) is 2. The van der Waals surface area contributed by atoms with E-state index in [4.69, 9.17) is 0 Å². The second-order valence-corrected chi connectivity index (χ2v) is 10.1. The second-order valence-electron chi connectivity index (χ2n) is 6.96. The fourth-order valence-electron chi connectivity index (χ4n) is 3.36. The number of amides is 1. The molecule has 1 aliphatic rings. The first-order chi connectivity index (χ1) is 14.3. The summed E-state index contributed by atoms with van der Waals surface area (Å²) in [7, 11) is -3.11. The van der Waals surface area contributed by atoms with Gasteiger partial charge in [0, 0.05) is 6.04 Å². The molecule has 10 heteroatoms. The maximum Gasteiger partial charge on any atom is 0.266 e. The summed E-state index contributed by atoms with van der Waals surface area (Å²) in [5.74, 6) is -1.05. The minimum absolute atomic E-state index is 0.0468. The van der Waals surface area contributed by atoms with Crippen LogP contribution in [-0.2, 0) is 14.6 Å². The van der Waals surface area contributed by atoms with Crippen LogP contribution in [0.4, 0.5) is 4.39 Å². The molecule has 2 aromatic carbocycles. The highest BCUT2D eigenvalue weighted by molar-refractivity contribution is 7.99. The third-order valence-corrected chi connectivity index (χ3v) is 7.47. The highest BCUT2D eigenvalue weighted by Crippen LogP contribution is 2.23. The van der Waals surface area contributed by atoms with Crippen LogP contribution >= 0.6 is 11.8 Å². The molecule has 1 atom stereocenters. The standard InChI is InChI=1S/C20H18FN3O4S2/c21-15-6-2-4-8-17(15)24-19(26)14-5-1-3-7-16(14)23-20(24)29-11-18(25)22-13-9-10-30(27,28)12-13/h1-8,13H,9-12H2,(H,22,25)/t13-/m1/s1. The molecule has 1 saturated heterocycles. The molecule has 1 fully saturated rings. The summed E-state index contributed by atoms with van der Waals surface area (Å²) in [4.78, 5) is 29.9. The summed E-state index contributed by atoms with van der Waals surface area (Å²) < 4.78 is 38.7. The van der Waals surface area contributed by atoms with E-state index in [0.29, 0.717) is 17.3 Å². The molecule has 2 heterocycles. The predicted octanol–water partition coefficient (Wildman–Crippen LogP) is 1.92. The molecule has 1 aliphatic heterocycles. The van der Waals surface area contributed by atoms with Gasteiger partial charge in [-0.05, 0) is 30.7 Å². The molecule has 156 valence electrons. The molecular formula is C20H18FN3O4S2. The predicted molar refractivity (Wildman–Crippen MR) is 113 cm³/mol. The summed E-state index contributed by atoms with van der Waals surface area (Å²) in [6.07, 6.45) is 0.382. The number of hydrogen-bond acceptors (Lipinski definition) is 6. The van der Waals surface area contributed by atoms with Crippen LogP contribution in [-0.4, -0.2) is 47.2 Å². The monoisotopic (exact) mass is 447 g/mol. The quantitative estimate of drug-likeness (QED) is 0.474. The Morgan fingerprint density at radius 2 is 1.93 bits per heavy atom. The van der Waals surface area contributed by atoms with E-state index >= 15 is 0 Å². The lowest BCUT2D eigenvalue weighted by Crippen LogP contribution is -2.36. The van der Waals surface area contributed by atoms with Gasteiger partial charge in [0.1, 0.15) is 5.82 Å². The van der Waals surface area contributed by atoms with Gasteiger partial charge in [-0.15, -0.1) is 0 Å². The van der Waals surface area contributed by atoms with E-state index in [1.54, 1.807) is 30.3 Å². The Morgan fingerprint density at radius 3 is 2.67 bits per heavy atom. The SMILES string of the molecule is O=C(CSc1nc2ccccc2c(=O)n1-c1ccccc1F)N[C@@H]1CCS(=O)(=O)C1. The van der Waals surface area contributed by atoms with Crippen molar-refractivity contribution in [3.05, 3.63) is 64.7 Å². The van der Waals surface area contributed by atoms with E-state index in [-0.39, 0.29) is 34.0 Å². The Hall–Kier alpha value is -2.72. The van der Waals surface area contributed by atoms with Crippen molar-refractivity contribution in [2.24, 2.45) is 0 Å². The summed E-state index contributed by atoms with van der Waals surface area (Å²) in [5.41, 5.74) is 0.0564. The third-order valence-electron chi connectivity index (χ3n) is 4.77. The lowest BCUT2D eigenvalue weighted by molar-refractivity contribution is -0.119. The van der Waals surface area contributed by atoms with Crippen LogP contribution in [0, 0.1) is 5.82 Å². The number of fused-ring (bicyclic) bond motifs is 1. The molecular weight excluding hydrogens is 429 g/mol. The van der Waals surface area contributed by atoms with E-state index in [9.17, 15) is 22.4 Å². The molecule has 1 aromatic heterocycles. The van der Waals surface area contributed by atoms with Gasteiger partial charge in [-0.1, -0.05) is 36.0 Å². The number of nitrogens with one attached hydrogen (secondary N) is 1. The van der Waals surface area contributed by atoms with Crippen molar-refractivity contribution in [3.8, 4) is 5.69 Å². The lowest BCUT2D eigenvalue weighted by atomic mass is 10.2. The molecule has 0 aliphatic carbocycles. The van der Waals surface area contributed by atoms with Crippen LogP contribution in [0.25, 0.3) is 16.6 Å². The smallest absolute Gasteiger partial charge is 0.266 e. The zero-order chi connectivity index (χ0) is 21.3. The van der Waals surface area contributed by atoms with Gasteiger partial charge >= 0.3 is 0 Å². The Balaban J connectivity index is 1.64. The van der Waals surface area contributed by atoms with Gasteiger partial charge in [0.25, 0.3) is 5.56 Å². The van der Waals surface area contributed by atoms with Crippen molar-refractivity contribution in [3.63, 3.8) is 0 Å². The fourth-order valence-corrected chi connectivity index (χ4v) is 5.85. The number of benzene rings is 2. The molecule has 0 unspecified atom stereocenters. The van der Waals surface area contributed by atoms with Crippen molar-refractivity contribution in [1.82, 2.24) is 14.9 Å². The largest absolute Gasteiger partial charge is 0.352 e. The second kappa shape index (κ2) is 8.19. The third kappa shape index (κ3) is 4.24. The first kappa shape index (κ1) is 20.5. The van der Waals surface area contributed by atoms with Crippen molar-refractivity contribution in [2.45, 2.75) is 17.6 Å². The van der Waals surface area contributed by atoms with Crippen molar-refractivity contribution >= 4 is 38.4 Å². The Labute approximate surface area is 176 Å². The fraction of sp³-hybridized carbons (Fsp3) is 0.250. The van der Waals surface area contributed by atoms with E-state index < -0.39 is 27.3 Å². The highest BCUT2D eigenvalue weighted by Gasteiger charge is 2.29. The Morgan fingerprint density at radius 1 is 1.20 bits per heavy atom. The number of aromatic nitrogens is 2. The molecule has 0 saturated carbocycles. The minimum Gasteiger partial charge on any atom is -0.352 e. The molecule has 0 radical (unpaired) electrons. The van der Waals surface area contributed by atoms with Gasteiger partial charge in [-0.25, -0.2) is 17.8 Å². The number of hydrogen-bond donors (Lipinski definition) is 1. The summed E-state index contributed by atoms with van der Waals surface area (Å²) in [5, 5.41) is 3.22. The van der Waals surface area contributed by atoms with Crippen LogP contribution in [0.15, 0.2) is 58.5 Å². The van der Waals surface area contributed by atoms with Gasteiger partial charge in [0.15, 0.2) is 15.0 Å². The van der Waals surface area contributed by atoms with E-state index in [0.717, 1.165) is 16.3 Å². The van der Waals surface area contributed by atoms with E-state index in [1.807, 2.05) is 0 Å². The van der Waals surface area contributed by atoms with Gasteiger partial charge in [-0.2, -0.15) is 0 Å². The van der Waals surface area contributed by atoms with Crippen molar-refractivity contribution < 1.29 is 17.6 Å². The number of halogens is 1. The average molecular weight is 448 g/mol. The first-order valence-electron chi connectivity index (χ1n) is 9.23. The number of sulfone groups is 1. The summed E-state index contributed by atoms with van der Waals surface area (Å²) in [6, 6.07) is 12.2. The highest BCUT2D eigenvalue weighted by atomic mass is 32.2. The number of carbonyl (C=O) groups excluding carboxylic acids is 1. The average Bonchev–Trinajstić information content (AvgIpc) is 3.05. The number of para-hydroxylation sites is 2. The number of carbonyl (C=O) groups is 1. The van der Waals surface area contributed by atoms with Gasteiger partial charge in [-0.3, -0.25) is 14.2 Å². The summed E-state index contributed by atoms with van der Waals surface area (Å²) in [6.45, 7) is 0.